The minimum absolute atomic E-state index is 0.767. The number of benzene rings is 1. The van der Waals surface area contributed by atoms with Crippen LogP contribution in [0.2, 0.25) is 0 Å². The van der Waals surface area contributed by atoms with Gasteiger partial charge in [-0.05, 0) is 19.1 Å². The van der Waals surface area contributed by atoms with Crippen molar-refractivity contribution in [3.8, 4) is 0 Å². The predicted octanol–water partition coefficient (Wildman–Crippen LogP) is 1.92. The molecule has 66 valence electrons. The van der Waals surface area contributed by atoms with Gasteiger partial charge in [-0.15, -0.1) is 0 Å². The van der Waals surface area contributed by atoms with E-state index in [2.05, 4.69) is 19.1 Å². The Morgan fingerprint density at radius 2 is 2.00 bits per heavy atom. The van der Waals surface area contributed by atoms with Crippen LogP contribution in [-0.2, 0) is 4.79 Å². The first-order valence-electron chi connectivity index (χ1n) is 4.39. The number of hydrogen-bond acceptors (Lipinski definition) is 2. The quantitative estimate of drug-likeness (QED) is 0.605. The van der Waals surface area contributed by atoms with Crippen LogP contribution in [0.25, 0.3) is 0 Å². The summed E-state index contributed by atoms with van der Waals surface area (Å²) in [6.07, 6.45) is 0.859. The van der Waals surface area contributed by atoms with Crippen molar-refractivity contribution >= 4 is 11.6 Å². The van der Waals surface area contributed by atoms with Crippen molar-refractivity contribution in [1.82, 2.24) is 0 Å². The molecule has 0 saturated carbocycles. The van der Waals surface area contributed by atoms with E-state index in [1.165, 1.54) is 5.56 Å². The number of aryl methyl sites for hydroxylation is 1. The largest absolute Gasteiger partial charge is 0.335 e. The maximum atomic E-state index is 10.4. The molecular formula is C11H11NO. The first-order chi connectivity index (χ1) is 6.31. The summed E-state index contributed by atoms with van der Waals surface area (Å²) in [4.78, 5) is 12.4. The molecule has 0 aromatic heterocycles. The molecule has 0 aliphatic carbocycles. The lowest BCUT2D eigenvalue weighted by atomic mass is 10.1. The van der Waals surface area contributed by atoms with Gasteiger partial charge in [0.25, 0.3) is 0 Å². The van der Waals surface area contributed by atoms with E-state index >= 15 is 0 Å². The average molecular weight is 173 g/mol. The van der Waals surface area contributed by atoms with Crippen LogP contribution in [0.15, 0.2) is 30.0 Å². The second-order valence-corrected chi connectivity index (χ2v) is 3.29. The van der Waals surface area contributed by atoms with Crippen molar-refractivity contribution in [3.63, 3.8) is 0 Å². The van der Waals surface area contributed by atoms with Gasteiger partial charge in [0.2, 0.25) is 0 Å². The molecule has 0 atom stereocenters. The van der Waals surface area contributed by atoms with Gasteiger partial charge in [-0.25, -0.2) is 4.79 Å². The van der Waals surface area contributed by atoms with Crippen molar-refractivity contribution in [2.45, 2.75) is 13.3 Å². The summed E-state index contributed by atoms with van der Waals surface area (Å²) < 4.78 is 0. The highest BCUT2D eigenvalue weighted by molar-refractivity contribution is 5.68. The van der Waals surface area contributed by atoms with Crippen LogP contribution < -0.4 is 4.90 Å². The Labute approximate surface area is 77.5 Å². The van der Waals surface area contributed by atoms with Gasteiger partial charge < -0.3 is 4.90 Å². The van der Waals surface area contributed by atoms with Gasteiger partial charge in [-0.2, -0.15) is 0 Å². The molecular weight excluding hydrogens is 162 g/mol. The molecule has 1 aliphatic heterocycles. The number of rotatable bonds is 1. The maximum absolute atomic E-state index is 10.4. The van der Waals surface area contributed by atoms with Gasteiger partial charge in [-0.3, -0.25) is 0 Å². The van der Waals surface area contributed by atoms with E-state index in [1.807, 2.05) is 23.0 Å². The molecule has 2 nitrogen and oxygen atoms in total. The van der Waals surface area contributed by atoms with E-state index in [0.29, 0.717) is 0 Å². The minimum atomic E-state index is 0.767. The van der Waals surface area contributed by atoms with Gasteiger partial charge in [0.15, 0.2) is 0 Å². The van der Waals surface area contributed by atoms with Crippen LogP contribution in [0.5, 0.6) is 0 Å². The van der Waals surface area contributed by atoms with Gasteiger partial charge in [0, 0.05) is 18.7 Å². The molecule has 2 heteroatoms. The predicted molar refractivity (Wildman–Crippen MR) is 52.3 cm³/mol. The first kappa shape index (κ1) is 8.09. The van der Waals surface area contributed by atoms with Crippen molar-refractivity contribution in [3.05, 3.63) is 35.5 Å². The lowest BCUT2D eigenvalue weighted by Gasteiger charge is -2.33. The number of carbonyl (C=O) groups excluding carboxylic acids is 1. The molecule has 13 heavy (non-hydrogen) atoms. The average Bonchev–Trinajstić information content (AvgIpc) is 2.08. The fourth-order valence-corrected chi connectivity index (χ4v) is 1.45. The van der Waals surface area contributed by atoms with Crippen LogP contribution in [-0.4, -0.2) is 12.5 Å². The fourth-order valence-electron chi connectivity index (χ4n) is 1.45. The minimum Gasteiger partial charge on any atom is -0.335 e. The molecule has 1 aliphatic rings. The number of nitrogens with zero attached hydrogens (tertiary/aromatic N) is 1. The zero-order valence-electron chi connectivity index (χ0n) is 7.58. The van der Waals surface area contributed by atoms with Gasteiger partial charge in [0.05, 0.1) is 0 Å². The first-order valence-corrected chi connectivity index (χ1v) is 4.39. The lowest BCUT2D eigenvalue weighted by Crippen LogP contribution is -2.35. The lowest BCUT2D eigenvalue weighted by molar-refractivity contribution is 0.560. The number of anilines is 1. The Bertz CT molecular complexity index is 360. The van der Waals surface area contributed by atoms with Crippen molar-refractivity contribution in [2.75, 3.05) is 11.4 Å². The third-order valence-electron chi connectivity index (χ3n) is 2.36. The highest BCUT2D eigenvalue weighted by Crippen LogP contribution is 2.27. The summed E-state index contributed by atoms with van der Waals surface area (Å²) in [5, 5.41) is 0. The van der Waals surface area contributed by atoms with E-state index in [-0.39, 0.29) is 0 Å². The molecule has 1 aromatic rings. The van der Waals surface area contributed by atoms with Crippen molar-refractivity contribution in [2.24, 2.45) is 0 Å². The summed E-state index contributed by atoms with van der Waals surface area (Å²) in [5.74, 6) is 1.96. The van der Waals surface area contributed by atoms with Crippen LogP contribution >= 0.6 is 0 Å². The SMILES string of the molecule is Cc1ccc(N2CCC2=C=O)cc1. The highest BCUT2D eigenvalue weighted by atomic mass is 16.1. The van der Waals surface area contributed by atoms with E-state index < -0.39 is 0 Å². The van der Waals surface area contributed by atoms with E-state index in [0.717, 1.165) is 24.4 Å². The Morgan fingerprint density at radius 3 is 2.46 bits per heavy atom. The number of hydrogen-bond donors (Lipinski definition) is 0. The Kier molecular flexibility index (Phi) is 1.91. The third kappa shape index (κ3) is 1.36. The van der Waals surface area contributed by atoms with E-state index in [4.69, 9.17) is 0 Å². The smallest absolute Gasteiger partial charge is 0.146 e. The monoisotopic (exact) mass is 173 g/mol. The normalized spacial score (nSPS) is 15.2. The maximum Gasteiger partial charge on any atom is 0.146 e. The van der Waals surface area contributed by atoms with Crippen molar-refractivity contribution in [1.29, 1.82) is 0 Å². The molecule has 2 rings (SSSR count). The molecule has 1 fully saturated rings. The van der Waals surface area contributed by atoms with E-state index in [1.54, 1.807) is 0 Å². The van der Waals surface area contributed by atoms with Crippen LogP contribution in [0, 0.1) is 6.92 Å². The van der Waals surface area contributed by atoms with Crippen LogP contribution in [0.1, 0.15) is 12.0 Å². The molecule has 0 amide bonds. The van der Waals surface area contributed by atoms with Crippen molar-refractivity contribution < 1.29 is 4.79 Å². The molecule has 0 bridgehead atoms. The molecule has 0 N–H and O–H groups in total. The Hall–Kier alpha value is -1.53. The Morgan fingerprint density at radius 1 is 1.31 bits per heavy atom. The second-order valence-electron chi connectivity index (χ2n) is 3.29. The van der Waals surface area contributed by atoms with Crippen LogP contribution in [0.4, 0.5) is 5.69 Å². The topological polar surface area (TPSA) is 20.3 Å². The van der Waals surface area contributed by atoms with Gasteiger partial charge >= 0.3 is 0 Å². The molecule has 1 saturated heterocycles. The summed E-state index contributed by atoms with van der Waals surface area (Å²) in [6.45, 7) is 2.99. The van der Waals surface area contributed by atoms with Crippen LogP contribution in [0.3, 0.4) is 0 Å². The summed E-state index contributed by atoms with van der Waals surface area (Å²) in [6, 6.07) is 8.17. The van der Waals surface area contributed by atoms with Gasteiger partial charge in [-0.1, -0.05) is 17.7 Å². The third-order valence-corrected chi connectivity index (χ3v) is 2.36. The summed E-state index contributed by atoms with van der Waals surface area (Å²) in [7, 11) is 0. The fraction of sp³-hybridized carbons (Fsp3) is 0.273. The zero-order chi connectivity index (χ0) is 9.26. The standard InChI is InChI=1S/C11H11NO/c1-9-2-4-10(5-3-9)12-7-6-11(12)8-13/h2-5H,6-7H2,1H3. The molecule has 1 aromatic carbocycles. The summed E-state index contributed by atoms with van der Waals surface area (Å²) >= 11 is 0. The Balaban J connectivity index is 2.27. The molecule has 0 spiro atoms. The van der Waals surface area contributed by atoms with Gasteiger partial charge in [0.1, 0.15) is 11.6 Å². The van der Waals surface area contributed by atoms with E-state index in [9.17, 15) is 4.79 Å². The summed E-state index contributed by atoms with van der Waals surface area (Å²) in [5.41, 5.74) is 3.10. The zero-order valence-corrected chi connectivity index (χ0v) is 7.58. The molecule has 0 radical (unpaired) electrons. The molecule has 1 heterocycles. The molecule has 0 unspecified atom stereocenters. The second kappa shape index (κ2) is 3.08. The highest BCUT2D eigenvalue weighted by Gasteiger charge is 2.22.